The Morgan fingerprint density at radius 2 is 2.04 bits per heavy atom. The predicted octanol–water partition coefficient (Wildman–Crippen LogP) is 4.58. The van der Waals surface area contributed by atoms with Crippen molar-refractivity contribution in [3.8, 4) is 5.75 Å². The molecule has 0 radical (unpaired) electrons. The van der Waals surface area contributed by atoms with E-state index in [1.54, 1.807) is 30.9 Å². The number of rotatable bonds is 4. The molecule has 4 nitrogen and oxygen atoms in total. The maximum absolute atomic E-state index is 9.57. The summed E-state index contributed by atoms with van der Waals surface area (Å²) in [6, 6.07) is 7.77. The zero-order valence-electron chi connectivity index (χ0n) is 14.9. The SMILES string of the molecule is Oc1ccc(C2CCCN(C(C3=CC=CCC3)C3=COC=CO3)C2)cc1. The van der Waals surface area contributed by atoms with Gasteiger partial charge in [-0.25, -0.2) is 0 Å². The van der Waals surface area contributed by atoms with Gasteiger partial charge in [0.1, 0.15) is 24.5 Å². The molecule has 0 spiro atoms. The van der Waals surface area contributed by atoms with Gasteiger partial charge in [-0.1, -0.05) is 30.4 Å². The molecule has 0 amide bonds. The topological polar surface area (TPSA) is 41.9 Å². The Kier molecular flexibility index (Phi) is 5.12. The van der Waals surface area contributed by atoms with Gasteiger partial charge in [0.2, 0.25) is 0 Å². The number of allylic oxidation sites excluding steroid dienone is 3. The molecule has 2 aliphatic heterocycles. The highest BCUT2D eigenvalue weighted by molar-refractivity contribution is 5.32. The van der Waals surface area contributed by atoms with Gasteiger partial charge in [-0.2, -0.15) is 0 Å². The van der Waals surface area contributed by atoms with Crippen LogP contribution in [0, 0.1) is 0 Å². The van der Waals surface area contributed by atoms with Crippen LogP contribution in [0.15, 0.2) is 72.6 Å². The largest absolute Gasteiger partial charge is 0.508 e. The fourth-order valence-corrected chi connectivity index (χ4v) is 4.11. The Morgan fingerprint density at radius 3 is 2.77 bits per heavy atom. The number of phenolic OH excluding ortho intramolecular Hbond substituents is 1. The Bertz CT molecular complexity index is 745. The molecular weight excluding hydrogens is 326 g/mol. The van der Waals surface area contributed by atoms with E-state index in [1.807, 2.05) is 12.1 Å². The van der Waals surface area contributed by atoms with Crippen molar-refractivity contribution in [3.05, 3.63) is 78.2 Å². The molecule has 2 unspecified atom stereocenters. The predicted molar refractivity (Wildman–Crippen MR) is 101 cm³/mol. The third-order valence-electron chi connectivity index (χ3n) is 5.37. The minimum Gasteiger partial charge on any atom is -0.508 e. The van der Waals surface area contributed by atoms with E-state index in [0.29, 0.717) is 11.7 Å². The molecule has 0 bridgehead atoms. The third kappa shape index (κ3) is 3.70. The van der Waals surface area contributed by atoms with Crippen molar-refractivity contribution in [3.63, 3.8) is 0 Å². The molecule has 1 fully saturated rings. The van der Waals surface area contributed by atoms with Crippen LogP contribution in [-0.2, 0) is 9.47 Å². The molecule has 0 saturated carbocycles. The van der Waals surface area contributed by atoms with Crippen LogP contribution in [0.25, 0.3) is 0 Å². The number of phenols is 1. The molecule has 26 heavy (non-hydrogen) atoms. The Balaban J connectivity index is 1.58. The monoisotopic (exact) mass is 351 g/mol. The standard InChI is InChI=1S/C22H25NO3/c24-20-10-8-17(9-11-20)19-7-4-12-23(15-19)22(18-5-2-1-3-6-18)21-16-25-13-14-26-21/h1-2,5,8-11,13-14,16,19,22,24H,3-4,6-7,12,15H2. The first-order chi connectivity index (χ1) is 12.8. The first kappa shape index (κ1) is 17.0. The zero-order chi connectivity index (χ0) is 17.8. The molecule has 1 N–H and O–H groups in total. The molecule has 1 saturated heterocycles. The average molecular weight is 351 g/mol. The molecule has 2 heterocycles. The second kappa shape index (κ2) is 7.83. The van der Waals surface area contributed by atoms with Crippen LogP contribution in [0.2, 0.25) is 0 Å². The van der Waals surface area contributed by atoms with E-state index in [1.165, 1.54) is 17.6 Å². The smallest absolute Gasteiger partial charge is 0.160 e. The highest BCUT2D eigenvalue weighted by Crippen LogP contribution is 2.34. The van der Waals surface area contributed by atoms with Crippen molar-refractivity contribution in [2.75, 3.05) is 13.1 Å². The normalized spacial score (nSPS) is 24.2. The number of aromatic hydroxyl groups is 1. The molecule has 2 atom stereocenters. The number of hydrogen-bond donors (Lipinski definition) is 1. The van der Waals surface area contributed by atoms with Crippen molar-refractivity contribution in [2.24, 2.45) is 0 Å². The fraction of sp³-hybridized carbons (Fsp3) is 0.364. The zero-order valence-corrected chi connectivity index (χ0v) is 14.9. The van der Waals surface area contributed by atoms with E-state index >= 15 is 0 Å². The van der Waals surface area contributed by atoms with E-state index in [2.05, 4.69) is 23.1 Å². The Morgan fingerprint density at radius 1 is 1.15 bits per heavy atom. The summed E-state index contributed by atoms with van der Waals surface area (Å²) in [7, 11) is 0. The molecule has 4 rings (SSSR count). The molecule has 3 aliphatic rings. The van der Waals surface area contributed by atoms with Gasteiger partial charge in [-0.3, -0.25) is 4.90 Å². The number of nitrogens with zero attached hydrogens (tertiary/aromatic N) is 1. The third-order valence-corrected chi connectivity index (χ3v) is 5.37. The molecule has 4 heteroatoms. The lowest BCUT2D eigenvalue weighted by Gasteiger charge is -2.40. The number of piperidine rings is 1. The van der Waals surface area contributed by atoms with Crippen LogP contribution in [0.3, 0.4) is 0 Å². The Hall–Kier alpha value is -2.46. The molecular formula is C22H25NO3. The first-order valence-corrected chi connectivity index (χ1v) is 9.37. The van der Waals surface area contributed by atoms with Crippen molar-refractivity contribution in [1.82, 2.24) is 4.90 Å². The van der Waals surface area contributed by atoms with Crippen LogP contribution < -0.4 is 0 Å². The lowest BCUT2D eigenvalue weighted by molar-refractivity contribution is 0.131. The molecule has 1 aromatic carbocycles. The van der Waals surface area contributed by atoms with Gasteiger partial charge in [-0.15, -0.1) is 0 Å². The van der Waals surface area contributed by atoms with Gasteiger partial charge in [0.25, 0.3) is 0 Å². The average Bonchev–Trinajstić information content (AvgIpc) is 2.71. The van der Waals surface area contributed by atoms with Crippen molar-refractivity contribution in [2.45, 2.75) is 37.6 Å². The van der Waals surface area contributed by atoms with E-state index in [-0.39, 0.29) is 6.04 Å². The molecule has 1 aliphatic carbocycles. The number of hydrogen-bond acceptors (Lipinski definition) is 4. The summed E-state index contributed by atoms with van der Waals surface area (Å²) in [4.78, 5) is 2.51. The minimum absolute atomic E-state index is 0.116. The highest BCUT2D eigenvalue weighted by Gasteiger charge is 2.33. The Labute approximate surface area is 154 Å². The van der Waals surface area contributed by atoms with E-state index in [9.17, 15) is 5.11 Å². The minimum atomic E-state index is 0.116. The lowest BCUT2D eigenvalue weighted by atomic mass is 9.87. The fourth-order valence-electron chi connectivity index (χ4n) is 4.11. The summed E-state index contributed by atoms with van der Waals surface area (Å²) < 4.78 is 11.2. The summed E-state index contributed by atoms with van der Waals surface area (Å²) in [6.45, 7) is 2.02. The van der Waals surface area contributed by atoms with Crippen LogP contribution in [0.1, 0.15) is 37.2 Å². The summed E-state index contributed by atoms with van der Waals surface area (Å²) >= 11 is 0. The quantitative estimate of drug-likeness (QED) is 0.862. The number of likely N-dealkylation sites (tertiary alicyclic amines) is 1. The van der Waals surface area contributed by atoms with E-state index < -0.39 is 0 Å². The van der Waals surface area contributed by atoms with E-state index in [0.717, 1.165) is 38.1 Å². The number of benzene rings is 1. The molecule has 1 aromatic rings. The number of ether oxygens (including phenoxy) is 2. The lowest BCUT2D eigenvalue weighted by Crippen LogP contribution is -2.44. The highest BCUT2D eigenvalue weighted by atomic mass is 16.5. The van der Waals surface area contributed by atoms with Crippen LogP contribution in [0.5, 0.6) is 5.75 Å². The second-order valence-corrected chi connectivity index (χ2v) is 7.08. The molecule has 136 valence electrons. The van der Waals surface area contributed by atoms with Gasteiger partial charge in [0, 0.05) is 6.54 Å². The van der Waals surface area contributed by atoms with Crippen LogP contribution in [-0.4, -0.2) is 29.1 Å². The van der Waals surface area contributed by atoms with Crippen molar-refractivity contribution in [1.29, 1.82) is 0 Å². The van der Waals surface area contributed by atoms with Crippen molar-refractivity contribution >= 4 is 0 Å². The van der Waals surface area contributed by atoms with Gasteiger partial charge in [0.15, 0.2) is 5.76 Å². The van der Waals surface area contributed by atoms with Gasteiger partial charge in [-0.05, 0) is 61.4 Å². The van der Waals surface area contributed by atoms with Crippen LogP contribution >= 0.6 is 0 Å². The summed E-state index contributed by atoms with van der Waals surface area (Å²) in [6.07, 6.45) is 15.9. The maximum Gasteiger partial charge on any atom is 0.160 e. The van der Waals surface area contributed by atoms with Crippen LogP contribution in [0.4, 0.5) is 0 Å². The van der Waals surface area contributed by atoms with Gasteiger partial charge >= 0.3 is 0 Å². The summed E-state index contributed by atoms with van der Waals surface area (Å²) in [5, 5.41) is 9.57. The second-order valence-electron chi connectivity index (χ2n) is 7.08. The molecule has 0 aromatic heterocycles. The van der Waals surface area contributed by atoms with Gasteiger partial charge < -0.3 is 14.6 Å². The maximum atomic E-state index is 9.57. The van der Waals surface area contributed by atoms with Crippen molar-refractivity contribution < 1.29 is 14.6 Å². The summed E-state index contributed by atoms with van der Waals surface area (Å²) in [5.74, 6) is 1.65. The summed E-state index contributed by atoms with van der Waals surface area (Å²) in [5.41, 5.74) is 2.67. The first-order valence-electron chi connectivity index (χ1n) is 9.37. The van der Waals surface area contributed by atoms with Gasteiger partial charge in [0.05, 0.1) is 6.04 Å². The van der Waals surface area contributed by atoms with E-state index in [4.69, 9.17) is 9.47 Å².